The summed E-state index contributed by atoms with van der Waals surface area (Å²) >= 11 is 3.52. The van der Waals surface area contributed by atoms with Crippen LogP contribution in [0.25, 0.3) is 0 Å². The first-order chi connectivity index (χ1) is 12.2. The van der Waals surface area contributed by atoms with E-state index in [0.717, 1.165) is 29.4 Å². The molecule has 4 nitrogen and oxygen atoms in total. The molecular weight excluding hydrogens is 376 g/mol. The molecule has 2 heterocycles. The van der Waals surface area contributed by atoms with Gasteiger partial charge in [0.2, 0.25) is 0 Å². The highest BCUT2D eigenvalue weighted by atomic mass is 79.9. The summed E-state index contributed by atoms with van der Waals surface area (Å²) in [5, 5.41) is 3.71. The third kappa shape index (κ3) is 4.20. The number of halogens is 1. The van der Waals surface area contributed by atoms with Crippen molar-refractivity contribution in [2.24, 2.45) is 10.9 Å². The van der Waals surface area contributed by atoms with E-state index in [1.807, 2.05) is 7.05 Å². The molecule has 3 aliphatic rings. The van der Waals surface area contributed by atoms with Crippen LogP contribution in [0.1, 0.15) is 37.2 Å². The Labute approximate surface area is 159 Å². The average Bonchev–Trinajstić information content (AvgIpc) is 2.99. The lowest BCUT2D eigenvalue weighted by Gasteiger charge is -2.23. The van der Waals surface area contributed by atoms with Crippen LogP contribution in [0.15, 0.2) is 33.7 Å². The molecule has 136 valence electrons. The lowest BCUT2D eigenvalue weighted by molar-refractivity contribution is 0.281. The molecule has 2 saturated heterocycles. The minimum absolute atomic E-state index is 0.539. The van der Waals surface area contributed by atoms with Crippen molar-refractivity contribution in [1.29, 1.82) is 0 Å². The first kappa shape index (κ1) is 17.3. The molecular formula is C20H29BrN4. The van der Waals surface area contributed by atoms with Gasteiger partial charge in [-0.1, -0.05) is 28.1 Å². The fourth-order valence-electron chi connectivity index (χ4n) is 4.40. The number of nitrogens with zero attached hydrogens (tertiary/aromatic N) is 3. The van der Waals surface area contributed by atoms with Crippen LogP contribution in [0.2, 0.25) is 0 Å². The maximum Gasteiger partial charge on any atom is 0.193 e. The van der Waals surface area contributed by atoms with Gasteiger partial charge in [-0.25, -0.2) is 0 Å². The summed E-state index contributed by atoms with van der Waals surface area (Å²) in [6.45, 7) is 6.19. The van der Waals surface area contributed by atoms with Gasteiger partial charge in [-0.15, -0.1) is 0 Å². The first-order valence-electron chi connectivity index (χ1n) is 9.69. The maximum atomic E-state index is 4.57. The van der Waals surface area contributed by atoms with Gasteiger partial charge in [-0.2, -0.15) is 0 Å². The average molecular weight is 405 g/mol. The van der Waals surface area contributed by atoms with Crippen molar-refractivity contribution in [2.45, 2.75) is 37.6 Å². The van der Waals surface area contributed by atoms with Gasteiger partial charge < -0.3 is 15.1 Å². The molecule has 5 heteroatoms. The molecule has 0 radical (unpaired) electrons. The van der Waals surface area contributed by atoms with Crippen molar-refractivity contribution in [3.63, 3.8) is 0 Å². The number of rotatable bonds is 4. The van der Waals surface area contributed by atoms with Gasteiger partial charge in [-0.05, 0) is 62.4 Å². The lowest BCUT2D eigenvalue weighted by Crippen LogP contribution is -2.42. The van der Waals surface area contributed by atoms with Gasteiger partial charge in [-0.3, -0.25) is 4.99 Å². The van der Waals surface area contributed by atoms with Crippen molar-refractivity contribution >= 4 is 21.9 Å². The molecule has 1 N–H and O–H groups in total. The number of benzene rings is 1. The Kier molecular flexibility index (Phi) is 5.32. The van der Waals surface area contributed by atoms with Crippen LogP contribution in [0.3, 0.4) is 0 Å². The van der Waals surface area contributed by atoms with Gasteiger partial charge in [0, 0.05) is 43.1 Å². The highest BCUT2D eigenvalue weighted by Crippen LogP contribution is 2.41. The van der Waals surface area contributed by atoms with Crippen molar-refractivity contribution in [3.8, 4) is 0 Å². The third-order valence-electron chi connectivity index (χ3n) is 5.92. The Balaban J connectivity index is 1.28. The number of hydrogen-bond donors (Lipinski definition) is 1. The van der Waals surface area contributed by atoms with E-state index in [-0.39, 0.29) is 0 Å². The molecule has 1 aromatic carbocycles. The summed E-state index contributed by atoms with van der Waals surface area (Å²) in [6.07, 6.45) is 5.29. The Morgan fingerprint density at radius 3 is 2.68 bits per heavy atom. The second-order valence-corrected chi connectivity index (χ2v) is 8.72. The number of aliphatic imine (C=N–C) groups is 1. The first-order valence-corrected chi connectivity index (χ1v) is 10.5. The zero-order valence-corrected chi connectivity index (χ0v) is 16.7. The topological polar surface area (TPSA) is 30.9 Å². The zero-order valence-electron chi connectivity index (χ0n) is 15.1. The van der Waals surface area contributed by atoms with E-state index in [2.05, 4.69) is 60.3 Å². The number of hydrogen-bond acceptors (Lipinski definition) is 2. The van der Waals surface area contributed by atoms with Gasteiger partial charge in [0.15, 0.2) is 5.96 Å². The van der Waals surface area contributed by atoms with Gasteiger partial charge in [0.25, 0.3) is 0 Å². The van der Waals surface area contributed by atoms with E-state index in [1.165, 1.54) is 50.9 Å². The molecule has 1 aliphatic carbocycles. The standard InChI is InChI=1S/C20H29BrN4/c1-22-20(23-19-12-18(19)16-4-6-17(21)7-5-16)25-11-8-15(14-25)13-24-9-2-3-10-24/h4-7,15,18-19H,2-3,8-14H2,1H3,(H,22,23). The van der Waals surface area contributed by atoms with E-state index in [0.29, 0.717) is 12.0 Å². The fourth-order valence-corrected chi connectivity index (χ4v) is 4.66. The minimum Gasteiger partial charge on any atom is -0.353 e. The van der Waals surface area contributed by atoms with Crippen LogP contribution in [-0.4, -0.2) is 61.6 Å². The van der Waals surface area contributed by atoms with Crippen LogP contribution in [0.4, 0.5) is 0 Å². The van der Waals surface area contributed by atoms with Crippen molar-refractivity contribution < 1.29 is 0 Å². The van der Waals surface area contributed by atoms with E-state index < -0.39 is 0 Å². The molecule has 0 bridgehead atoms. The van der Waals surface area contributed by atoms with E-state index >= 15 is 0 Å². The van der Waals surface area contributed by atoms with Crippen LogP contribution >= 0.6 is 15.9 Å². The predicted molar refractivity (Wildman–Crippen MR) is 107 cm³/mol. The summed E-state index contributed by atoms with van der Waals surface area (Å²) < 4.78 is 1.15. The fraction of sp³-hybridized carbons (Fsp3) is 0.650. The summed E-state index contributed by atoms with van der Waals surface area (Å²) in [6, 6.07) is 9.30. The van der Waals surface area contributed by atoms with Crippen molar-refractivity contribution in [1.82, 2.24) is 15.1 Å². The molecule has 3 unspecified atom stereocenters. The molecule has 2 aliphatic heterocycles. The van der Waals surface area contributed by atoms with Gasteiger partial charge >= 0.3 is 0 Å². The Morgan fingerprint density at radius 2 is 1.96 bits per heavy atom. The second kappa shape index (κ2) is 7.67. The molecule has 0 amide bonds. The molecule has 1 saturated carbocycles. The molecule has 0 aromatic heterocycles. The van der Waals surface area contributed by atoms with E-state index in [1.54, 1.807) is 0 Å². The SMILES string of the molecule is CN=C(NC1CC1c1ccc(Br)cc1)N1CCC(CN2CCCC2)C1. The van der Waals surface area contributed by atoms with Gasteiger partial charge in [0.1, 0.15) is 0 Å². The molecule has 4 rings (SSSR count). The molecule has 3 atom stereocenters. The number of nitrogens with one attached hydrogen (secondary N) is 1. The van der Waals surface area contributed by atoms with Crippen molar-refractivity contribution in [3.05, 3.63) is 34.3 Å². The summed E-state index contributed by atoms with van der Waals surface area (Å²) in [7, 11) is 1.92. The Hall–Kier alpha value is -1.07. The number of guanidine groups is 1. The summed E-state index contributed by atoms with van der Waals surface area (Å²) in [5.41, 5.74) is 1.43. The maximum absolute atomic E-state index is 4.57. The van der Waals surface area contributed by atoms with Crippen LogP contribution < -0.4 is 5.32 Å². The third-order valence-corrected chi connectivity index (χ3v) is 6.44. The van der Waals surface area contributed by atoms with Crippen LogP contribution in [-0.2, 0) is 0 Å². The highest BCUT2D eigenvalue weighted by molar-refractivity contribution is 9.10. The predicted octanol–water partition coefficient (Wildman–Crippen LogP) is 3.30. The van der Waals surface area contributed by atoms with Gasteiger partial charge in [0.05, 0.1) is 0 Å². The Morgan fingerprint density at radius 1 is 1.20 bits per heavy atom. The second-order valence-electron chi connectivity index (χ2n) is 7.80. The Bertz CT molecular complexity index is 609. The van der Waals surface area contributed by atoms with E-state index in [9.17, 15) is 0 Å². The monoisotopic (exact) mass is 404 g/mol. The molecule has 3 fully saturated rings. The molecule has 1 aromatic rings. The number of likely N-dealkylation sites (tertiary alicyclic amines) is 2. The largest absolute Gasteiger partial charge is 0.353 e. The molecule has 0 spiro atoms. The van der Waals surface area contributed by atoms with E-state index in [4.69, 9.17) is 0 Å². The molecule has 25 heavy (non-hydrogen) atoms. The minimum atomic E-state index is 0.539. The zero-order chi connectivity index (χ0) is 17.2. The van der Waals surface area contributed by atoms with Crippen molar-refractivity contribution in [2.75, 3.05) is 39.8 Å². The normalized spacial score (nSPS) is 30.1. The van der Waals surface area contributed by atoms with Crippen LogP contribution in [0.5, 0.6) is 0 Å². The quantitative estimate of drug-likeness (QED) is 0.616. The lowest BCUT2D eigenvalue weighted by atomic mass is 10.1. The highest BCUT2D eigenvalue weighted by Gasteiger charge is 2.40. The smallest absolute Gasteiger partial charge is 0.193 e. The summed E-state index contributed by atoms with van der Waals surface area (Å²) in [5.74, 6) is 2.54. The summed E-state index contributed by atoms with van der Waals surface area (Å²) in [4.78, 5) is 9.69. The van der Waals surface area contributed by atoms with Crippen LogP contribution in [0, 0.1) is 5.92 Å².